The molecule has 0 aromatic heterocycles. The first kappa shape index (κ1) is 16.2. The second-order valence-corrected chi connectivity index (χ2v) is 7.21. The standard InChI is InChI=1S/C13H11Cl3N2O2S/c1-7-3-2-4-11(17)13(7)21(19,20)18-12-9(15)5-8(14)6-10(12)16/h2-6,18H,17H2,1H3. The molecule has 0 saturated carbocycles. The minimum absolute atomic E-state index is 0.00733. The Hall–Kier alpha value is -1.14. The molecule has 21 heavy (non-hydrogen) atoms. The number of benzene rings is 2. The van der Waals surface area contributed by atoms with Gasteiger partial charge in [0.2, 0.25) is 0 Å². The van der Waals surface area contributed by atoms with E-state index in [9.17, 15) is 8.42 Å². The van der Waals surface area contributed by atoms with Crippen molar-refractivity contribution in [2.24, 2.45) is 0 Å². The van der Waals surface area contributed by atoms with Crippen molar-refractivity contribution in [3.8, 4) is 0 Å². The van der Waals surface area contributed by atoms with Crippen molar-refractivity contribution in [3.05, 3.63) is 51.0 Å². The van der Waals surface area contributed by atoms with E-state index in [1.165, 1.54) is 18.2 Å². The highest BCUT2D eigenvalue weighted by Crippen LogP contribution is 2.36. The van der Waals surface area contributed by atoms with Gasteiger partial charge >= 0.3 is 0 Å². The summed E-state index contributed by atoms with van der Waals surface area (Å²) in [5.74, 6) is 0. The van der Waals surface area contributed by atoms with Gasteiger partial charge < -0.3 is 5.73 Å². The maximum atomic E-state index is 12.5. The molecular weight excluding hydrogens is 355 g/mol. The summed E-state index contributed by atoms with van der Waals surface area (Å²) in [5.41, 5.74) is 6.48. The normalized spacial score (nSPS) is 11.4. The Morgan fingerprint density at radius 2 is 1.67 bits per heavy atom. The van der Waals surface area contributed by atoms with Crippen LogP contribution in [0.15, 0.2) is 35.2 Å². The van der Waals surface area contributed by atoms with Gasteiger partial charge in [-0.1, -0.05) is 46.9 Å². The highest BCUT2D eigenvalue weighted by molar-refractivity contribution is 7.93. The molecule has 0 atom stereocenters. The molecule has 112 valence electrons. The number of anilines is 2. The summed E-state index contributed by atoms with van der Waals surface area (Å²) in [6.45, 7) is 1.65. The number of nitrogen functional groups attached to an aromatic ring is 1. The largest absolute Gasteiger partial charge is 0.398 e. The second kappa shape index (κ2) is 5.93. The highest BCUT2D eigenvalue weighted by Gasteiger charge is 2.22. The molecule has 8 heteroatoms. The van der Waals surface area contributed by atoms with Crippen molar-refractivity contribution < 1.29 is 8.42 Å². The fourth-order valence-electron chi connectivity index (χ4n) is 1.87. The van der Waals surface area contributed by atoms with Crippen molar-refractivity contribution in [1.82, 2.24) is 0 Å². The molecule has 0 radical (unpaired) electrons. The van der Waals surface area contributed by atoms with Crippen LogP contribution in [0, 0.1) is 6.92 Å². The van der Waals surface area contributed by atoms with E-state index in [0.717, 1.165) is 0 Å². The molecule has 3 N–H and O–H groups in total. The van der Waals surface area contributed by atoms with Gasteiger partial charge in [-0.15, -0.1) is 0 Å². The van der Waals surface area contributed by atoms with Crippen LogP contribution >= 0.6 is 34.8 Å². The number of rotatable bonds is 3. The summed E-state index contributed by atoms with van der Waals surface area (Å²) in [4.78, 5) is -0.00733. The Balaban J connectivity index is 2.53. The van der Waals surface area contributed by atoms with Gasteiger partial charge in [-0.25, -0.2) is 8.42 Å². The fraction of sp³-hybridized carbons (Fsp3) is 0.0769. The summed E-state index contributed by atoms with van der Waals surface area (Å²) in [6.07, 6.45) is 0. The molecule has 2 aromatic rings. The van der Waals surface area contributed by atoms with Crippen molar-refractivity contribution in [2.45, 2.75) is 11.8 Å². The quantitative estimate of drug-likeness (QED) is 0.795. The van der Waals surface area contributed by atoms with Crippen LogP contribution in [0.25, 0.3) is 0 Å². The molecule has 0 saturated heterocycles. The SMILES string of the molecule is Cc1cccc(N)c1S(=O)(=O)Nc1c(Cl)cc(Cl)cc1Cl. The van der Waals surface area contributed by atoms with Crippen LogP contribution in [0.3, 0.4) is 0 Å². The first-order valence-corrected chi connectivity index (χ1v) is 8.36. The molecule has 4 nitrogen and oxygen atoms in total. The third kappa shape index (κ3) is 3.37. The Morgan fingerprint density at radius 3 is 2.19 bits per heavy atom. The molecule has 0 aliphatic carbocycles. The lowest BCUT2D eigenvalue weighted by atomic mass is 10.2. The molecule has 0 fully saturated rings. The summed E-state index contributed by atoms with van der Waals surface area (Å²) < 4.78 is 27.3. The van der Waals surface area contributed by atoms with Gasteiger partial charge in [-0.2, -0.15) is 0 Å². The fourth-order valence-corrected chi connectivity index (χ4v) is 4.35. The van der Waals surface area contributed by atoms with Crippen molar-refractivity contribution in [2.75, 3.05) is 10.5 Å². The van der Waals surface area contributed by atoms with E-state index < -0.39 is 10.0 Å². The Morgan fingerprint density at radius 1 is 1.10 bits per heavy atom. The number of sulfonamides is 1. The van der Waals surface area contributed by atoms with Crippen LogP contribution < -0.4 is 10.5 Å². The average Bonchev–Trinajstić information content (AvgIpc) is 2.33. The molecule has 0 bridgehead atoms. The van der Waals surface area contributed by atoms with E-state index >= 15 is 0 Å². The van der Waals surface area contributed by atoms with Crippen LogP contribution in [0.4, 0.5) is 11.4 Å². The van der Waals surface area contributed by atoms with Gasteiger partial charge in [-0.05, 0) is 30.7 Å². The van der Waals surface area contributed by atoms with Crippen LogP contribution in [-0.2, 0) is 10.0 Å². The summed E-state index contributed by atoms with van der Waals surface area (Å²) >= 11 is 17.8. The maximum absolute atomic E-state index is 12.5. The Labute approximate surface area is 137 Å². The van der Waals surface area contributed by atoms with E-state index in [-0.39, 0.29) is 26.3 Å². The number of aryl methyl sites for hydroxylation is 1. The van der Waals surface area contributed by atoms with Crippen molar-refractivity contribution in [1.29, 1.82) is 0 Å². The second-order valence-electron chi connectivity index (χ2n) is 4.34. The Kier molecular flexibility index (Phi) is 4.58. The molecule has 0 aliphatic rings. The van der Waals surface area contributed by atoms with Crippen molar-refractivity contribution in [3.63, 3.8) is 0 Å². The number of hydrogen-bond acceptors (Lipinski definition) is 3. The van der Waals surface area contributed by atoms with E-state index in [1.54, 1.807) is 19.1 Å². The first-order chi connectivity index (χ1) is 9.72. The molecule has 2 aromatic carbocycles. The predicted molar refractivity (Wildman–Crippen MR) is 87.9 cm³/mol. The third-order valence-corrected chi connectivity index (χ3v) is 5.14. The number of nitrogens with two attached hydrogens (primary N) is 1. The van der Waals surface area contributed by atoms with Crippen molar-refractivity contribution >= 4 is 56.2 Å². The van der Waals surface area contributed by atoms with Gasteiger partial charge in [0.25, 0.3) is 10.0 Å². The molecule has 2 rings (SSSR count). The Bertz CT molecular complexity index is 764. The topological polar surface area (TPSA) is 72.2 Å². The van der Waals surface area contributed by atoms with E-state index in [0.29, 0.717) is 10.6 Å². The molecule has 0 aliphatic heterocycles. The smallest absolute Gasteiger partial charge is 0.264 e. The van der Waals surface area contributed by atoms with Gasteiger partial charge in [0, 0.05) is 5.02 Å². The van der Waals surface area contributed by atoms with Crippen LogP contribution in [0.1, 0.15) is 5.56 Å². The minimum Gasteiger partial charge on any atom is -0.398 e. The monoisotopic (exact) mass is 364 g/mol. The zero-order valence-corrected chi connectivity index (χ0v) is 13.9. The zero-order chi connectivity index (χ0) is 15.8. The lowest BCUT2D eigenvalue weighted by Gasteiger charge is -2.14. The highest BCUT2D eigenvalue weighted by atomic mass is 35.5. The molecule has 0 amide bonds. The lowest BCUT2D eigenvalue weighted by Crippen LogP contribution is -2.16. The predicted octanol–water partition coefficient (Wildman–Crippen LogP) is 4.34. The van der Waals surface area contributed by atoms with E-state index in [1.807, 2.05) is 0 Å². The lowest BCUT2D eigenvalue weighted by molar-refractivity contribution is 0.601. The third-order valence-electron chi connectivity index (χ3n) is 2.75. The van der Waals surface area contributed by atoms with Gasteiger partial charge in [0.1, 0.15) is 4.90 Å². The van der Waals surface area contributed by atoms with Crippen LogP contribution in [-0.4, -0.2) is 8.42 Å². The zero-order valence-electron chi connectivity index (χ0n) is 10.8. The van der Waals surface area contributed by atoms with Gasteiger partial charge in [0.05, 0.1) is 21.4 Å². The first-order valence-electron chi connectivity index (χ1n) is 5.75. The summed E-state index contributed by atoms with van der Waals surface area (Å²) in [6, 6.07) is 7.62. The molecular formula is C13H11Cl3N2O2S. The number of halogens is 3. The minimum atomic E-state index is -3.92. The van der Waals surface area contributed by atoms with Gasteiger partial charge in [0.15, 0.2) is 0 Å². The maximum Gasteiger partial charge on any atom is 0.264 e. The number of hydrogen-bond donors (Lipinski definition) is 2. The van der Waals surface area contributed by atoms with E-state index in [4.69, 9.17) is 40.5 Å². The van der Waals surface area contributed by atoms with Crippen LogP contribution in [0.5, 0.6) is 0 Å². The van der Waals surface area contributed by atoms with Gasteiger partial charge in [-0.3, -0.25) is 4.72 Å². The molecule has 0 heterocycles. The van der Waals surface area contributed by atoms with E-state index in [2.05, 4.69) is 4.72 Å². The summed E-state index contributed by atoms with van der Waals surface area (Å²) in [5, 5.41) is 0.509. The van der Waals surface area contributed by atoms with Crippen LogP contribution in [0.2, 0.25) is 15.1 Å². The molecule has 0 unspecified atom stereocenters. The summed E-state index contributed by atoms with van der Waals surface area (Å²) in [7, 11) is -3.92. The molecule has 0 spiro atoms. The average molecular weight is 366 g/mol. The number of nitrogens with one attached hydrogen (secondary N) is 1.